The molecule has 0 aromatic carbocycles. The van der Waals surface area contributed by atoms with Crippen molar-refractivity contribution in [3.63, 3.8) is 0 Å². The van der Waals surface area contributed by atoms with Gasteiger partial charge in [-0.3, -0.25) is 14.5 Å². The summed E-state index contributed by atoms with van der Waals surface area (Å²) in [6, 6.07) is 2.74. The predicted octanol–water partition coefficient (Wildman–Crippen LogP) is 2.81. The van der Waals surface area contributed by atoms with Crippen LogP contribution in [0.2, 0.25) is 10.2 Å². The summed E-state index contributed by atoms with van der Waals surface area (Å²) in [6.07, 6.45) is 9.93. The fourth-order valence-electron chi connectivity index (χ4n) is 3.84. The van der Waals surface area contributed by atoms with Crippen LogP contribution < -0.4 is 15.7 Å². The number of hydroxylamine groups is 1. The maximum Gasteiger partial charge on any atom is 0.326 e. The molecule has 0 atom stereocenters. The van der Waals surface area contributed by atoms with E-state index in [0.29, 0.717) is 28.7 Å². The SMILES string of the molecule is C#CCONC(=O)c1ncc(NC(=O)N2CC3(CC3)c3c2cnc2cc(Cl)nn32)cc1Cl. The van der Waals surface area contributed by atoms with E-state index in [9.17, 15) is 9.59 Å². The maximum absolute atomic E-state index is 13.1. The molecule has 5 rings (SSSR count). The average Bonchev–Trinajstić information content (AvgIpc) is 3.30. The van der Waals surface area contributed by atoms with Crippen molar-refractivity contribution in [2.45, 2.75) is 18.3 Å². The van der Waals surface area contributed by atoms with Gasteiger partial charge >= 0.3 is 6.03 Å². The summed E-state index contributed by atoms with van der Waals surface area (Å²) < 4.78 is 1.71. The van der Waals surface area contributed by atoms with Gasteiger partial charge in [0.1, 0.15) is 12.3 Å². The number of nitrogens with zero attached hydrogens (tertiary/aromatic N) is 5. The Kier molecular flexibility index (Phi) is 4.89. The molecule has 4 heterocycles. The summed E-state index contributed by atoms with van der Waals surface area (Å²) in [7, 11) is 0. The molecule has 3 aromatic rings. The zero-order valence-corrected chi connectivity index (χ0v) is 17.9. The van der Waals surface area contributed by atoms with E-state index in [4.69, 9.17) is 34.5 Å². The fourth-order valence-corrected chi connectivity index (χ4v) is 4.26. The summed E-state index contributed by atoms with van der Waals surface area (Å²) >= 11 is 12.2. The largest absolute Gasteiger partial charge is 0.326 e. The molecule has 10 nitrogen and oxygen atoms in total. The Morgan fingerprint density at radius 1 is 1.25 bits per heavy atom. The van der Waals surface area contributed by atoms with E-state index in [2.05, 4.69) is 31.8 Å². The molecule has 0 unspecified atom stereocenters. The average molecular weight is 472 g/mol. The van der Waals surface area contributed by atoms with Crippen molar-refractivity contribution in [1.29, 1.82) is 0 Å². The molecule has 0 saturated heterocycles. The van der Waals surface area contributed by atoms with Crippen molar-refractivity contribution in [2.24, 2.45) is 0 Å². The molecule has 2 N–H and O–H groups in total. The van der Waals surface area contributed by atoms with Crippen LogP contribution in [0.25, 0.3) is 5.65 Å². The van der Waals surface area contributed by atoms with Crippen molar-refractivity contribution < 1.29 is 14.4 Å². The van der Waals surface area contributed by atoms with Gasteiger partial charge < -0.3 is 5.32 Å². The second kappa shape index (κ2) is 7.63. The van der Waals surface area contributed by atoms with Gasteiger partial charge in [-0.2, -0.15) is 5.10 Å². The first-order chi connectivity index (χ1) is 15.4. The zero-order valence-electron chi connectivity index (χ0n) is 16.4. The van der Waals surface area contributed by atoms with Gasteiger partial charge in [-0.15, -0.1) is 6.42 Å². The third-order valence-electron chi connectivity index (χ3n) is 5.41. The van der Waals surface area contributed by atoms with Gasteiger partial charge in [-0.25, -0.2) is 24.8 Å². The van der Waals surface area contributed by atoms with Crippen LogP contribution in [0.5, 0.6) is 0 Å². The first-order valence-corrected chi connectivity index (χ1v) is 10.3. The molecule has 0 radical (unpaired) electrons. The third kappa shape index (κ3) is 3.40. The Morgan fingerprint density at radius 2 is 2.06 bits per heavy atom. The van der Waals surface area contributed by atoms with Crippen LogP contribution in [0.3, 0.4) is 0 Å². The van der Waals surface area contributed by atoms with Gasteiger partial charge in [0.25, 0.3) is 5.91 Å². The first-order valence-electron chi connectivity index (χ1n) is 9.56. The molecular weight excluding hydrogens is 457 g/mol. The Labute approximate surface area is 191 Å². The summed E-state index contributed by atoms with van der Waals surface area (Å²) in [5.74, 6) is 1.56. The molecule has 162 valence electrons. The van der Waals surface area contributed by atoms with Gasteiger partial charge in [0.2, 0.25) is 0 Å². The van der Waals surface area contributed by atoms with E-state index in [-0.39, 0.29) is 28.8 Å². The number of nitrogens with one attached hydrogen (secondary N) is 2. The van der Waals surface area contributed by atoms with E-state index < -0.39 is 5.91 Å². The number of rotatable bonds is 4. The standard InChI is InChI=1S/C20H15Cl2N7O3/c1-2-5-32-27-18(30)16-12(21)6-11(8-24-16)25-19(31)28-10-20(3-4-20)17-13(28)9-23-15-7-14(22)26-29(15)17/h1,6-9H,3-5,10H2,(H,25,31)(H,27,30). The minimum absolute atomic E-state index is 0.0413. The molecule has 0 bridgehead atoms. The van der Waals surface area contributed by atoms with Crippen LogP contribution >= 0.6 is 23.2 Å². The quantitative estimate of drug-likeness (QED) is 0.343. The summed E-state index contributed by atoms with van der Waals surface area (Å²) in [4.78, 5) is 39.9. The number of aromatic nitrogens is 4. The van der Waals surface area contributed by atoms with Gasteiger partial charge in [0.15, 0.2) is 10.8 Å². The number of hydrogen-bond acceptors (Lipinski definition) is 6. The lowest BCUT2D eigenvalue weighted by molar-refractivity contribution is 0.0433. The van der Waals surface area contributed by atoms with Crippen LogP contribution in [-0.2, 0) is 10.3 Å². The Balaban J connectivity index is 1.37. The topological polar surface area (TPSA) is 114 Å². The highest BCUT2D eigenvalue weighted by molar-refractivity contribution is 6.33. The minimum atomic E-state index is -0.653. The number of halogens is 2. The van der Waals surface area contributed by atoms with Gasteiger partial charge in [0, 0.05) is 18.0 Å². The fraction of sp³-hybridized carbons (Fsp3) is 0.250. The number of anilines is 2. The lowest BCUT2D eigenvalue weighted by Crippen LogP contribution is -2.35. The van der Waals surface area contributed by atoms with Gasteiger partial charge in [-0.1, -0.05) is 29.1 Å². The molecule has 1 saturated carbocycles. The first kappa shape index (κ1) is 20.5. The maximum atomic E-state index is 13.1. The van der Waals surface area contributed by atoms with Crippen LogP contribution in [0.1, 0.15) is 29.0 Å². The van der Waals surface area contributed by atoms with E-state index >= 15 is 0 Å². The third-order valence-corrected chi connectivity index (χ3v) is 5.89. The number of terminal acetylenes is 1. The highest BCUT2D eigenvalue weighted by Gasteiger charge is 2.55. The second-order valence-corrected chi connectivity index (χ2v) is 8.30. The number of fused-ring (bicyclic) bond motifs is 4. The van der Waals surface area contributed by atoms with E-state index in [1.807, 2.05) is 0 Å². The van der Waals surface area contributed by atoms with Crippen molar-refractivity contribution in [2.75, 3.05) is 23.4 Å². The number of amides is 3. The summed E-state index contributed by atoms with van der Waals surface area (Å²) in [6.45, 7) is 0.406. The molecule has 2 aliphatic rings. The number of carbonyl (C=O) groups excluding carboxylic acids is 2. The molecule has 1 aliphatic heterocycles. The summed E-state index contributed by atoms with van der Waals surface area (Å²) in [5, 5.41) is 7.50. The lowest BCUT2D eigenvalue weighted by Gasteiger charge is -2.18. The number of hydrogen-bond donors (Lipinski definition) is 2. The molecule has 3 amide bonds. The van der Waals surface area contributed by atoms with Crippen molar-refractivity contribution in [3.05, 3.63) is 46.1 Å². The van der Waals surface area contributed by atoms with Crippen molar-refractivity contribution >= 4 is 52.2 Å². The summed E-state index contributed by atoms with van der Waals surface area (Å²) in [5.41, 5.74) is 4.50. The van der Waals surface area contributed by atoms with E-state index in [1.165, 1.54) is 12.3 Å². The van der Waals surface area contributed by atoms with Crippen LogP contribution in [0.15, 0.2) is 24.5 Å². The smallest absolute Gasteiger partial charge is 0.306 e. The van der Waals surface area contributed by atoms with E-state index in [1.54, 1.807) is 21.7 Å². The molecule has 1 fully saturated rings. The Morgan fingerprint density at radius 3 is 2.78 bits per heavy atom. The van der Waals surface area contributed by atoms with E-state index in [0.717, 1.165) is 18.5 Å². The molecule has 1 aliphatic carbocycles. The monoisotopic (exact) mass is 471 g/mol. The molecule has 12 heteroatoms. The van der Waals surface area contributed by atoms with Crippen LogP contribution in [0.4, 0.5) is 16.2 Å². The van der Waals surface area contributed by atoms with Crippen molar-refractivity contribution in [1.82, 2.24) is 25.1 Å². The number of pyridine rings is 1. The molecular formula is C20H15Cl2N7O3. The normalized spacial score (nSPS) is 15.5. The minimum Gasteiger partial charge on any atom is -0.306 e. The Bertz CT molecular complexity index is 1310. The highest BCUT2D eigenvalue weighted by Crippen LogP contribution is 2.56. The van der Waals surface area contributed by atoms with Crippen molar-refractivity contribution in [3.8, 4) is 12.3 Å². The molecule has 32 heavy (non-hydrogen) atoms. The second-order valence-electron chi connectivity index (χ2n) is 7.50. The predicted molar refractivity (Wildman–Crippen MR) is 117 cm³/mol. The zero-order chi connectivity index (χ0) is 22.5. The van der Waals surface area contributed by atoms with Crippen LogP contribution in [0, 0.1) is 12.3 Å². The van der Waals surface area contributed by atoms with Crippen LogP contribution in [-0.4, -0.2) is 44.7 Å². The Hall–Kier alpha value is -3.39. The highest BCUT2D eigenvalue weighted by atomic mass is 35.5. The van der Waals surface area contributed by atoms with Gasteiger partial charge in [0.05, 0.1) is 34.5 Å². The lowest BCUT2D eigenvalue weighted by atomic mass is 10.1. The number of urea groups is 1. The van der Waals surface area contributed by atoms with Gasteiger partial charge in [-0.05, 0) is 18.9 Å². The molecule has 3 aromatic heterocycles. The molecule has 1 spiro atoms. The number of carbonyl (C=O) groups is 2.